The summed E-state index contributed by atoms with van der Waals surface area (Å²) in [5, 5.41) is 4.36. The number of fused-ring (bicyclic) bond motifs is 1. The molecule has 2 amide bonds. The summed E-state index contributed by atoms with van der Waals surface area (Å²) < 4.78 is 1.96. The van der Waals surface area contributed by atoms with Gasteiger partial charge >= 0.3 is 0 Å². The van der Waals surface area contributed by atoms with Gasteiger partial charge in [0.1, 0.15) is 4.88 Å². The molecule has 2 aromatic rings. The highest BCUT2D eigenvalue weighted by Crippen LogP contribution is 2.21. The first-order chi connectivity index (χ1) is 12.1. The number of rotatable bonds is 2. The molecule has 1 fully saturated rings. The minimum atomic E-state index is 0.0232. The largest absolute Gasteiger partial charge is 0.335 e. The Morgan fingerprint density at radius 1 is 1.04 bits per heavy atom. The fraction of sp³-hybridized carbons (Fsp3) is 0.529. The van der Waals surface area contributed by atoms with Gasteiger partial charge in [0.25, 0.3) is 11.8 Å². The molecule has 1 saturated heterocycles. The lowest BCUT2D eigenvalue weighted by molar-refractivity contribution is 0.0536. The lowest BCUT2D eigenvalue weighted by atomic mass is 10.1. The average molecular weight is 359 g/mol. The van der Waals surface area contributed by atoms with E-state index >= 15 is 0 Å². The van der Waals surface area contributed by atoms with E-state index in [1.807, 2.05) is 21.4 Å². The maximum absolute atomic E-state index is 12.9. The first-order valence-electron chi connectivity index (χ1n) is 8.68. The number of aromatic nitrogens is 3. The number of hydrogen-bond acceptors (Lipinski definition) is 5. The van der Waals surface area contributed by atoms with Crippen LogP contribution in [0.3, 0.4) is 0 Å². The normalized spacial score (nSPS) is 17.5. The van der Waals surface area contributed by atoms with Gasteiger partial charge in [-0.05, 0) is 26.2 Å². The summed E-state index contributed by atoms with van der Waals surface area (Å²) in [6.45, 7) is 5.00. The van der Waals surface area contributed by atoms with Crippen molar-refractivity contribution in [2.45, 2.75) is 32.7 Å². The van der Waals surface area contributed by atoms with Crippen LogP contribution in [-0.2, 0) is 13.0 Å². The van der Waals surface area contributed by atoms with Crippen LogP contribution in [0.2, 0.25) is 0 Å². The number of amides is 2. The Labute approximate surface area is 150 Å². The third-order valence-corrected chi connectivity index (χ3v) is 5.92. The van der Waals surface area contributed by atoms with Gasteiger partial charge in [-0.1, -0.05) is 0 Å². The Balaban J connectivity index is 1.42. The van der Waals surface area contributed by atoms with Gasteiger partial charge in [0.15, 0.2) is 0 Å². The van der Waals surface area contributed by atoms with E-state index in [2.05, 4.69) is 10.1 Å². The molecule has 0 radical (unpaired) electrons. The van der Waals surface area contributed by atoms with Crippen LogP contribution in [0.15, 0.2) is 11.7 Å². The van der Waals surface area contributed by atoms with Crippen LogP contribution in [0.4, 0.5) is 0 Å². The third-order valence-electron chi connectivity index (χ3n) is 5.01. The molecule has 4 heterocycles. The van der Waals surface area contributed by atoms with Gasteiger partial charge in [-0.15, -0.1) is 11.3 Å². The van der Waals surface area contributed by atoms with Crippen LogP contribution in [0, 0.1) is 6.92 Å². The molecule has 0 N–H and O–H groups in total. The molecule has 8 heteroatoms. The van der Waals surface area contributed by atoms with Crippen LogP contribution in [0.5, 0.6) is 0 Å². The van der Waals surface area contributed by atoms with Crippen LogP contribution in [0.25, 0.3) is 0 Å². The second kappa shape index (κ2) is 6.59. The summed E-state index contributed by atoms with van der Waals surface area (Å²) in [4.78, 5) is 33.9. The molecule has 0 atom stereocenters. The van der Waals surface area contributed by atoms with Crippen molar-refractivity contribution in [3.05, 3.63) is 33.5 Å². The van der Waals surface area contributed by atoms with Crippen LogP contribution < -0.4 is 0 Å². The highest BCUT2D eigenvalue weighted by molar-refractivity contribution is 7.11. The summed E-state index contributed by atoms with van der Waals surface area (Å²) in [6.07, 6.45) is 4.87. The molecule has 0 bridgehead atoms. The van der Waals surface area contributed by atoms with E-state index < -0.39 is 0 Å². The number of thiazole rings is 1. The van der Waals surface area contributed by atoms with Gasteiger partial charge in [-0.2, -0.15) is 5.10 Å². The van der Waals surface area contributed by atoms with Crippen molar-refractivity contribution in [2.24, 2.45) is 0 Å². The van der Waals surface area contributed by atoms with Crippen LogP contribution >= 0.6 is 11.3 Å². The van der Waals surface area contributed by atoms with Crippen molar-refractivity contribution in [3.63, 3.8) is 0 Å². The number of aryl methyl sites for hydroxylation is 2. The Morgan fingerprint density at radius 3 is 2.44 bits per heavy atom. The Bertz CT molecular complexity index is 804. The number of carbonyl (C=O) groups excluding carboxylic acids is 2. The van der Waals surface area contributed by atoms with E-state index in [-0.39, 0.29) is 11.8 Å². The van der Waals surface area contributed by atoms with Gasteiger partial charge < -0.3 is 9.80 Å². The highest BCUT2D eigenvalue weighted by atomic mass is 32.1. The van der Waals surface area contributed by atoms with Gasteiger partial charge in [-0.25, -0.2) is 4.98 Å². The molecule has 25 heavy (non-hydrogen) atoms. The van der Waals surface area contributed by atoms with Crippen molar-refractivity contribution in [1.82, 2.24) is 24.6 Å². The molecule has 0 aliphatic carbocycles. The summed E-state index contributed by atoms with van der Waals surface area (Å²) in [7, 11) is 0. The van der Waals surface area contributed by atoms with Crippen molar-refractivity contribution < 1.29 is 9.59 Å². The fourth-order valence-corrected chi connectivity index (χ4v) is 4.30. The number of hydrogen-bond donors (Lipinski definition) is 0. The Hall–Kier alpha value is -2.22. The van der Waals surface area contributed by atoms with Crippen molar-refractivity contribution in [3.8, 4) is 0 Å². The summed E-state index contributed by atoms with van der Waals surface area (Å²) in [5.74, 6) is 0.0687. The van der Waals surface area contributed by atoms with Crippen molar-refractivity contribution in [2.75, 3.05) is 26.2 Å². The lowest BCUT2D eigenvalue weighted by Gasteiger charge is -2.34. The van der Waals surface area contributed by atoms with E-state index in [0.717, 1.165) is 42.8 Å². The Morgan fingerprint density at radius 2 is 1.76 bits per heavy atom. The first kappa shape index (κ1) is 16.3. The molecule has 0 aromatic carbocycles. The minimum Gasteiger partial charge on any atom is -0.335 e. The van der Waals surface area contributed by atoms with Gasteiger partial charge in [0.2, 0.25) is 0 Å². The first-order valence-corrected chi connectivity index (χ1v) is 9.56. The SMILES string of the molecule is Cc1ncsc1C(=O)N1CCN(C(=O)c2cnn3c2CCCC3)CC1. The van der Waals surface area contributed by atoms with Crippen molar-refractivity contribution in [1.29, 1.82) is 0 Å². The molecule has 132 valence electrons. The molecule has 2 aromatic heterocycles. The maximum Gasteiger partial charge on any atom is 0.265 e. The van der Waals surface area contributed by atoms with E-state index in [9.17, 15) is 9.59 Å². The zero-order valence-corrected chi connectivity index (χ0v) is 15.1. The zero-order valence-electron chi connectivity index (χ0n) is 14.3. The molecule has 0 saturated carbocycles. The summed E-state index contributed by atoms with van der Waals surface area (Å²) in [5.41, 5.74) is 4.28. The number of nitrogens with zero attached hydrogens (tertiary/aromatic N) is 5. The van der Waals surface area contributed by atoms with Gasteiger partial charge in [0, 0.05) is 32.7 Å². The minimum absolute atomic E-state index is 0.0232. The number of piperazine rings is 1. The maximum atomic E-state index is 12.9. The molecule has 4 rings (SSSR count). The van der Waals surface area contributed by atoms with E-state index in [0.29, 0.717) is 31.1 Å². The second-order valence-electron chi connectivity index (χ2n) is 6.54. The predicted octanol–water partition coefficient (Wildman–Crippen LogP) is 1.58. The molecule has 2 aliphatic heterocycles. The summed E-state index contributed by atoms with van der Waals surface area (Å²) in [6, 6.07) is 0. The van der Waals surface area contributed by atoms with Crippen LogP contribution in [0.1, 0.15) is 44.3 Å². The van der Waals surface area contributed by atoms with Crippen LogP contribution in [-0.4, -0.2) is 62.6 Å². The van der Waals surface area contributed by atoms with E-state index in [1.54, 1.807) is 11.7 Å². The molecular weight excluding hydrogens is 338 g/mol. The molecule has 2 aliphatic rings. The smallest absolute Gasteiger partial charge is 0.265 e. The van der Waals surface area contributed by atoms with E-state index in [4.69, 9.17) is 0 Å². The quantitative estimate of drug-likeness (QED) is 0.816. The second-order valence-corrected chi connectivity index (χ2v) is 7.39. The van der Waals surface area contributed by atoms with Gasteiger partial charge in [0.05, 0.1) is 28.7 Å². The highest BCUT2D eigenvalue weighted by Gasteiger charge is 2.29. The fourth-order valence-electron chi connectivity index (χ4n) is 3.53. The lowest BCUT2D eigenvalue weighted by Crippen LogP contribution is -2.50. The predicted molar refractivity (Wildman–Crippen MR) is 93.8 cm³/mol. The monoisotopic (exact) mass is 359 g/mol. The van der Waals surface area contributed by atoms with E-state index in [1.165, 1.54) is 11.3 Å². The Kier molecular flexibility index (Phi) is 4.29. The standard InChI is InChI=1S/C17H21N5O2S/c1-12-15(25-11-18-12)17(24)21-8-6-20(7-9-21)16(23)13-10-19-22-5-3-2-4-14(13)22/h10-11H,2-9H2,1H3. The van der Waals surface area contributed by atoms with Crippen molar-refractivity contribution >= 4 is 23.2 Å². The number of carbonyl (C=O) groups is 2. The molecular formula is C17H21N5O2S. The zero-order chi connectivity index (χ0) is 17.4. The topological polar surface area (TPSA) is 71.3 Å². The van der Waals surface area contributed by atoms with Gasteiger partial charge in [-0.3, -0.25) is 14.3 Å². The summed E-state index contributed by atoms with van der Waals surface area (Å²) >= 11 is 1.38. The average Bonchev–Trinajstić information content (AvgIpc) is 3.27. The molecule has 0 spiro atoms. The molecule has 7 nitrogen and oxygen atoms in total. The molecule has 0 unspecified atom stereocenters. The third kappa shape index (κ3) is 2.95.